The largest absolute Gasteiger partial charge is 0.322 e. The maximum atomic E-state index is 6.10. The van der Waals surface area contributed by atoms with Crippen molar-refractivity contribution in [1.29, 1.82) is 0 Å². The fourth-order valence-corrected chi connectivity index (χ4v) is 2.04. The van der Waals surface area contributed by atoms with Gasteiger partial charge in [0.05, 0.1) is 11.7 Å². The van der Waals surface area contributed by atoms with Crippen LogP contribution in [0.4, 0.5) is 0 Å². The van der Waals surface area contributed by atoms with Gasteiger partial charge in [-0.2, -0.15) is 0 Å². The smallest absolute Gasteiger partial charge is 0.0756 e. The standard InChI is InChI=1S/C10H15N3/c11-10(8-3-1-2-4-8)9-7-12-5-6-13-9/h5-8,10H,1-4,11H2. The Morgan fingerprint density at radius 1 is 1.31 bits per heavy atom. The van der Waals surface area contributed by atoms with Gasteiger partial charge < -0.3 is 5.73 Å². The summed E-state index contributed by atoms with van der Waals surface area (Å²) in [6.07, 6.45) is 10.3. The molecule has 0 amide bonds. The van der Waals surface area contributed by atoms with Crippen LogP contribution in [-0.4, -0.2) is 9.97 Å². The molecule has 1 aromatic heterocycles. The highest BCUT2D eigenvalue weighted by atomic mass is 14.8. The molecular formula is C10H15N3. The predicted octanol–water partition coefficient (Wildman–Crippen LogP) is 1.67. The maximum absolute atomic E-state index is 6.10. The molecule has 13 heavy (non-hydrogen) atoms. The summed E-state index contributed by atoms with van der Waals surface area (Å²) in [5.41, 5.74) is 7.04. The molecule has 0 aliphatic heterocycles. The predicted molar refractivity (Wildman–Crippen MR) is 50.9 cm³/mol. The first-order valence-corrected chi connectivity index (χ1v) is 4.89. The van der Waals surface area contributed by atoms with Gasteiger partial charge in [-0.15, -0.1) is 0 Å². The van der Waals surface area contributed by atoms with Crippen LogP contribution in [0.1, 0.15) is 37.4 Å². The molecule has 1 atom stereocenters. The van der Waals surface area contributed by atoms with Crippen molar-refractivity contribution in [1.82, 2.24) is 9.97 Å². The molecular weight excluding hydrogens is 162 g/mol. The van der Waals surface area contributed by atoms with Gasteiger partial charge in [-0.1, -0.05) is 12.8 Å². The topological polar surface area (TPSA) is 51.8 Å². The van der Waals surface area contributed by atoms with Crippen LogP contribution in [0.2, 0.25) is 0 Å². The van der Waals surface area contributed by atoms with Crippen molar-refractivity contribution in [2.75, 3.05) is 0 Å². The van der Waals surface area contributed by atoms with Gasteiger partial charge in [0.1, 0.15) is 0 Å². The molecule has 1 aliphatic rings. The van der Waals surface area contributed by atoms with E-state index in [1.807, 2.05) is 0 Å². The van der Waals surface area contributed by atoms with Crippen molar-refractivity contribution in [2.24, 2.45) is 11.7 Å². The van der Waals surface area contributed by atoms with Gasteiger partial charge in [-0.05, 0) is 18.8 Å². The molecule has 70 valence electrons. The van der Waals surface area contributed by atoms with Gasteiger partial charge in [0.2, 0.25) is 0 Å². The molecule has 1 aromatic rings. The summed E-state index contributed by atoms with van der Waals surface area (Å²) in [5.74, 6) is 0.622. The van der Waals surface area contributed by atoms with E-state index in [-0.39, 0.29) is 6.04 Å². The molecule has 2 rings (SSSR count). The van der Waals surface area contributed by atoms with Crippen LogP contribution >= 0.6 is 0 Å². The van der Waals surface area contributed by atoms with E-state index in [4.69, 9.17) is 5.73 Å². The Balaban J connectivity index is 2.08. The average molecular weight is 177 g/mol. The highest BCUT2D eigenvalue weighted by molar-refractivity contribution is 5.03. The molecule has 1 saturated carbocycles. The minimum Gasteiger partial charge on any atom is -0.322 e. The van der Waals surface area contributed by atoms with Gasteiger partial charge in [-0.25, -0.2) is 0 Å². The fraction of sp³-hybridized carbons (Fsp3) is 0.600. The monoisotopic (exact) mass is 177 g/mol. The third-order valence-corrected chi connectivity index (χ3v) is 2.83. The van der Waals surface area contributed by atoms with Gasteiger partial charge in [0.15, 0.2) is 0 Å². The quantitative estimate of drug-likeness (QED) is 0.747. The first kappa shape index (κ1) is 8.63. The molecule has 1 aliphatic carbocycles. The molecule has 3 heteroatoms. The first-order chi connectivity index (χ1) is 6.38. The average Bonchev–Trinajstić information content (AvgIpc) is 2.71. The number of hydrogen-bond acceptors (Lipinski definition) is 3. The van der Waals surface area contributed by atoms with E-state index < -0.39 is 0 Å². The highest BCUT2D eigenvalue weighted by Crippen LogP contribution is 2.32. The van der Waals surface area contributed by atoms with E-state index in [1.165, 1.54) is 25.7 Å². The maximum Gasteiger partial charge on any atom is 0.0756 e. The van der Waals surface area contributed by atoms with E-state index in [0.717, 1.165) is 5.69 Å². The number of rotatable bonds is 2. The van der Waals surface area contributed by atoms with Gasteiger partial charge in [0, 0.05) is 18.6 Å². The van der Waals surface area contributed by atoms with E-state index in [2.05, 4.69) is 9.97 Å². The van der Waals surface area contributed by atoms with Crippen molar-refractivity contribution in [3.05, 3.63) is 24.3 Å². The lowest BCUT2D eigenvalue weighted by Gasteiger charge is -2.17. The Kier molecular flexibility index (Phi) is 2.54. The highest BCUT2D eigenvalue weighted by Gasteiger charge is 2.23. The lowest BCUT2D eigenvalue weighted by Crippen LogP contribution is -2.20. The van der Waals surface area contributed by atoms with E-state index in [1.54, 1.807) is 18.6 Å². The van der Waals surface area contributed by atoms with Crippen LogP contribution in [0.15, 0.2) is 18.6 Å². The summed E-state index contributed by atoms with van der Waals surface area (Å²) in [6, 6.07) is 0.0937. The van der Waals surface area contributed by atoms with Crippen LogP contribution in [0.3, 0.4) is 0 Å². The third kappa shape index (κ3) is 1.86. The molecule has 1 fully saturated rings. The molecule has 0 aromatic carbocycles. The summed E-state index contributed by atoms with van der Waals surface area (Å²) in [5, 5.41) is 0. The van der Waals surface area contributed by atoms with Crippen molar-refractivity contribution >= 4 is 0 Å². The van der Waals surface area contributed by atoms with E-state index in [0.29, 0.717) is 5.92 Å². The number of hydrogen-bond donors (Lipinski definition) is 1. The summed E-state index contributed by atoms with van der Waals surface area (Å²) < 4.78 is 0. The van der Waals surface area contributed by atoms with Gasteiger partial charge in [-0.3, -0.25) is 9.97 Å². The summed E-state index contributed by atoms with van der Waals surface area (Å²) in [4.78, 5) is 8.27. The normalized spacial score (nSPS) is 20.4. The second kappa shape index (κ2) is 3.83. The zero-order chi connectivity index (χ0) is 9.10. The SMILES string of the molecule is NC(c1cnccn1)C1CCCC1. The molecule has 1 heterocycles. The van der Waals surface area contributed by atoms with Crippen molar-refractivity contribution in [2.45, 2.75) is 31.7 Å². The Bertz CT molecular complexity index is 254. The van der Waals surface area contributed by atoms with Crippen molar-refractivity contribution < 1.29 is 0 Å². The lowest BCUT2D eigenvalue weighted by atomic mass is 9.97. The Labute approximate surface area is 78.4 Å². The fourth-order valence-electron chi connectivity index (χ4n) is 2.04. The van der Waals surface area contributed by atoms with Crippen LogP contribution in [0.5, 0.6) is 0 Å². The molecule has 0 radical (unpaired) electrons. The van der Waals surface area contributed by atoms with Gasteiger partial charge >= 0.3 is 0 Å². The van der Waals surface area contributed by atoms with Gasteiger partial charge in [0.25, 0.3) is 0 Å². The minimum absolute atomic E-state index is 0.0937. The number of nitrogens with zero attached hydrogens (tertiary/aromatic N) is 2. The summed E-state index contributed by atoms with van der Waals surface area (Å²) in [6.45, 7) is 0. The summed E-state index contributed by atoms with van der Waals surface area (Å²) in [7, 11) is 0. The van der Waals surface area contributed by atoms with Crippen LogP contribution in [-0.2, 0) is 0 Å². The third-order valence-electron chi connectivity index (χ3n) is 2.83. The molecule has 3 nitrogen and oxygen atoms in total. The molecule has 2 N–H and O–H groups in total. The number of nitrogens with two attached hydrogens (primary N) is 1. The molecule has 1 unspecified atom stereocenters. The van der Waals surface area contributed by atoms with Crippen LogP contribution in [0, 0.1) is 5.92 Å². The first-order valence-electron chi connectivity index (χ1n) is 4.89. The van der Waals surface area contributed by atoms with Crippen LogP contribution < -0.4 is 5.73 Å². The second-order valence-electron chi connectivity index (χ2n) is 3.70. The molecule has 0 bridgehead atoms. The zero-order valence-electron chi connectivity index (χ0n) is 7.69. The Morgan fingerprint density at radius 2 is 2.08 bits per heavy atom. The Hall–Kier alpha value is -0.960. The van der Waals surface area contributed by atoms with Crippen LogP contribution in [0.25, 0.3) is 0 Å². The van der Waals surface area contributed by atoms with Crippen molar-refractivity contribution in [3.63, 3.8) is 0 Å². The number of aromatic nitrogens is 2. The van der Waals surface area contributed by atoms with Crippen molar-refractivity contribution in [3.8, 4) is 0 Å². The van der Waals surface area contributed by atoms with E-state index in [9.17, 15) is 0 Å². The minimum atomic E-state index is 0.0937. The Morgan fingerprint density at radius 3 is 2.69 bits per heavy atom. The molecule has 0 saturated heterocycles. The second-order valence-corrected chi connectivity index (χ2v) is 3.70. The summed E-state index contributed by atoms with van der Waals surface area (Å²) >= 11 is 0. The molecule has 0 spiro atoms. The lowest BCUT2D eigenvalue weighted by molar-refractivity contribution is 0.436. The van der Waals surface area contributed by atoms with E-state index >= 15 is 0 Å². The zero-order valence-corrected chi connectivity index (χ0v) is 7.69.